The summed E-state index contributed by atoms with van der Waals surface area (Å²) in [6.07, 6.45) is 0.444. The fraction of sp³-hybridized carbons (Fsp3) is 0.286. The van der Waals surface area contributed by atoms with E-state index in [9.17, 15) is 9.59 Å². The second kappa shape index (κ2) is 6.64. The minimum Gasteiger partial charge on any atom is -0.481 e. The molecule has 112 valence electrons. The number of rotatable bonds is 5. The van der Waals surface area contributed by atoms with Gasteiger partial charge in [0.1, 0.15) is 4.88 Å². The molecule has 1 heterocycles. The number of benzene rings is 1. The number of carboxylic acids is 1. The average Bonchev–Trinajstić information content (AvgIpc) is 2.74. The van der Waals surface area contributed by atoms with Gasteiger partial charge in [0.2, 0.25) is 0 Å². The Balaban J connectivity index is 2.19. The third kappa shape index (κ3) is 3.67. The van der Waals surface area contributed by atoms with Crippen LogP contribution in [0.15, 0.2) is 18.2 Å². The Labute approximate surface area is 135 Å². The van der Waals surface area contributed by atoms with Crippen LogP contribution in [0.25, 0.3) is 10.1 Å². The Morgan fingerprint density at radius 1 is 1.33 bits per heavy atom. The van der Waals surface area contributed by atoms with E-state index in [0.717, 1.165) is 10.1 Å². The Bertz CT molecular complexity index is 699. The molecule has 0 aliphatic rings. The van der Waals surface area contributed by atoms with Crippen LogP contribution in [-0.2, 0) is 4.79 Å². The number of fused-ring (bicyclic) bond motifs is 1. The topological polar surface area (TPSA) is 57.6 Å². The highest BCUT2D eigenvalue weighted by Gasteiger charge is 2.20. The largest absolute Gasteiger partial charge is 0.481 e. The van der Waals surface area contributed by atoms with Gasteiger partial charge in [-0.1, -0.05) is 29.3 Å². The van der Waals surface area contributed by atoms with Crippen LogP contribution in [0.3, 0.4) is 0 Å². The predicted molar refractivity (Wildman–Crippen MR) is 85.7 cm³/mol. The Morgan fingerprint density at radius 2 is 2.05 bits per heavy atom. The molecule has 4 nitrogen and oxygen atoms in total. The van der Waals surface area contributed by atoms with Crippen molar-refractivity contribution < 1.29 is 14.7 Å². The zero-order valence-electron chi connectivity index (χ0n) is 11.2. The average molecular weight is 346 g/mol. The first kappa shape index (κ1) is 16.1. The minimum atomic E-state index is -0.870. The first-order chi connectivity index (χ1) is 9.90. The van der Waals surface area contributed by atoms with E-state index < -0.39 is 5.97 Å². The molecule has 2 aromatic rings. The second-order valence-corrected chi connectivity index (χ2v) is 6.48. The summed E-state index contributed by atoms with van der Waals surface area (Å²) in [7, 11) is 1.64. The van der Waals surface area contributed by atoms with E-state index in [-0.39, 0.29) is 12.3 Å². The number of carboxylic acid groups (broad SMARTS) is 1. The lowest BCUT2D eigenvalue weighted by Gasteiger charge is -2.15. The van der Waals surface area contributed by atoms with Crippen molar-refractivity contribution in [1.29, 1.82) is 0 Å². The second-order valence-electron chi connectivity index (χ2n) is 4.61. The molecule has 0 unspecified atom stereocenters. The van der Waals surface area contributed by atoms with Crippen molar-refractivity contribution in [1.82, 2.24) is 4.90 Å². The van der Waals surface area contributed by atoms with Crippen molar-refractivity contribution >= 4 is 56.5 Å². The lowest BCUT2D eigenvalue weighted by atomic mass is 10.2. The van der Waals surface area contributed by atoms with E-state index in [1.165, 1.54) is 16.2 Å². The summed E-state index contributed by atoms with van der Waals surface area (Å²) in [6, 6.07) is 5.29. The van der Waals surface area contributed by atoms with Crippen LogP contribution in [0.5, 0.6) is 0 Å². The maximum atomic E-state index is 12.4. The van der Waals surface area contributed by atoms with Gasteiger partial charge >= 0.3 is 5.97 Å². The molecular weight excluding hydrogens is 333 g/mol. The summed E-state index contributed by atoms with van der Waals surface area (Å²) < 4.78 is 0.856. The maximum Gasteiger partial charge on any atom is 0.303 e. The first-order valence-electron chi connectivity index (χ1n) is 6.25. The van der Waals surface area contributed by atoms with Gasteiger partial charge in [0, 0.05) is 35.1 Å². The number of hydrogen-bond donors (Lipinski definition) is 1. The highest BCUT2D eigenvalue weighted by Crippen LogP contribution is 2.37. The van der Waals surface area contributed by atoms with Crippen molar-refractivity contribution in [3.8, 4) is 0 Å². The zero-order chi connectivity index (χ0) is 15.6. The van der Waals surface area contributed by atoms with E-state index in [1.807, 2.05) is 0 Å². The number of nitrogens with zero attached hydrogens (tertiary/aromatic N) is 1. The Kier molecular flexibility index (Phi) is 5.08. The summed E-state index contributed by atoms with van der Waals surface area (Å²) in [5, 5.41) is 10.4. The van der Waals surface area contributed by atoms with Crippen molar-refractivity contribution in [3.05, 3.63) is 33.1 Å². The summed E-state index contributed by atoms with van der Waals surface area (Å²) in [4.78, 5) is 24.8. The molecule has 0 saturated heterocycles. The lowest BCUT2D eigenvalue weighted by molar-refractivity contribution is -0.137. The van der Waals surface area contributed by atoms with Gasteiger partial charge in [0.15, 0.2) is 0 Å². The molecule has 0 atom stereocenters. The zero-order valence-corrected chi connectivity index (χ0v) is 13.6. The van der Waals surface area contributed by atoms with Crippen LogP contribution in [0, 0.1) is 0 Å². The molecule has 21 heavy (non-hydrogen) atoms. The lowest BCUT2D eigenvalue weighted by Crippen LogP contribution is -2.27. The van der Waals surface area contributed by atoms with Crippen molar-refractivity contribution in [2.45, 2.75) is 12.8 Å². The molecule has 0 radical (unpaired) electrons. The maximum absolute atomic E-state index is 12.4. The van der Waals surface area contributed by atoms with E-state index >= 15 is 0 Å². The summed E-state index contributed by atoms with van der Waals surface area (Å²) in [5.74, 6) is -1.08. The number of halogens is 2. The quantitative estimate of drug-likeness (QED) is 0.885. The standard InChI is InChI=1S/C14H13Cl2NO3S/c1-17(6-2-3-11(18)19)14(20)13-12(16)9-5-4-8(15)7-10(9)21-13/h4-5,7H,2-3,6H2,1H3,(H,18,19). The van der Waals surface area contributed by atoms with E-state index in [1.54, 1.807) is 25.2 Å². The Hall–Kier alpha value is -1.30. The van der Waals surface area contributed by atoms with Gasteiger partial charge in [-0.2, -0.15) is 0 Å². The fourth-order valence-electron chi connectivity index (χ4n) is 1.92. The van der Waals surface area contributed by atoms with Gasteiger partial charge in [0.05, 0.1) is 5.02 Å². The molecule has 0 saturated carbocycles. The van der Waals surface area contributed by atoms with Gasteiger partial charge in [0.25, 0.3) is 5.91 Å². The molecule has 1 amide bonds. The highest BCUT2D eigenvalue weighted by atomic mass is 35.5. The van der Waals surface area contributed by atoms with Crippen LogP contribution >= 0.6 is 34.5 Å². The van der Waals surface area contributed by atoms with Crippen molar-refractivity contribution in [2.24, 2.45) is 0 Å². The summed E-state index contributed by atoms with van der Waals surface area (Å²) in [5.41, 5.74) is 0. The fourth-order valence-corrected chi connectivity index (χ4v) is 3.70. The van der Waals surface area contributed by atoms with Gasteiger partial charge in [-0.05, 0) is 18.6 Å². The highest BCUT2D eigenvalue weighted by molar-refractivity contribution is 7.21. The van der Waals surface area contributed by atoms with Crippen LogP contribution < -0.4 is 0 Å². The van der Waals surface area contributed by atoms with Gasteiger partial charge in [-0.15, -0.1) is 11.3 Å². The number of aliphatic carboxylic acids is 1. The molecular formula is C14H13Cl2NO3S. The molecule has 0 aliphatic heterocycles. The number of thiophene rings is 1. The monoisotopic (exact) mass is 345 g/mol. The van der Waals surface area contributed by atoms with Crippen LogP contribution in [-0.4, -0.2) is 35.5 Å². The SMILES string of the molecule is CN(CCCC(=O)O)C(=O)c1sc2cc(Cl)ccc2c1Cl. The van der Waals surface area contributed by atoms with Gasteiger partial charge in [-0.3, -0.25) is 9.59 Å². The van der Waals surface area contributed by atoms with Gasteiger partial charge < -0.3 is 10.0 Å². The van der Waals surface area contributed by atoms with Gasteiger partial charge in [-0.25, -0.2) is 0 Å². The van der Waals surface area contributed by atoms with E-state index in [0.29, 0.717) is 27.9 Å². The Morgan fingerprint density at radius 3 is 2.71 bits per heavy atom. The van der Waals surface area contributed by atoms with Crippen LogP contribution in [0.1, 0.15) is 22.5 Å². The van der Waals surface area contributed by atoms with Crippen LogP contribution in [0.4, 0.5) is 0 Å². The smallest absolute Gasteiger partial charge is 0.303 e. The molecule has 1 aromatic carbocycles. The molecule has 7 heteroatoms. The number of hydrogen-bond acceptors (Lipinski definition) is 3. The minimum absolute atomic E-state index is 0.0351. The molecule has 0 bridgehead atoms. The number of carbonyl (C=O) groups excluding carboxylic acids is 1. The predicted octanol–water partition coefficient (Wildman–Crippen LogP) is 4.14. The molecule has 0 aliphatic carbocycles. The summed E-state index contributed by atoms with van der Waals surface area (Å²) in [6.45, 7) is 0.371. The molecule has 1 aromatic heterocycles. The summed E-state index contributed by atoms with van der Waals surface area (Å²) >= 11 is 13.5. The van der Waals surface area contributed by atoms with E-state index in [2.05, 4.69) is 0 Å². The first-order valence-corrected chi connectivity index (χ1v) is 7.82. The van der Waals surface area contributed by atoms with Crippen molar-refractivity contribution in [2.75, 3.05) is 13.6 Å². The molecule has 0 spiro atoms. The normalized spacial score (nSPS) is 10.8. The van der Waals surface area contributed by atoms with Crippen molar-refractivity contribution in [3.63, 3.8) is 0 Å². The third-order valence-electron chi connectivity index (χ3n) is 3.02. The third-order valence-corrected chi connectivity index (χ3v) is 4.90. The van der Waals surface area contributed by atoms with E-state index in [4.69, 9.17) is 28.3 Å². The van der Waals surface area contributed by atoms with Crippen LogP contribution in [0.2, 0.25) is 10.0 Å². The number of amides is 1. The molecule has 1 N–H and O–H groups in total. The number of carbonyl (C=O) groups is 2. The molecule has 2 rings (SSSR count). The molecule has 0 fully saturated rings.